The highest BCUT2D eigenvalue weighted by molar-refractivity contribution is 7.26. The zero-order chi connectivity index (χ0) is 31.1. The number of nitrogens with zero attached hydrogens (tertiary/aromatic N) is 2. The lowest BCUT2D eigenvalue weighted by molar-refractivity contribution is 0.670. The van der Waals surface area contributed by atoms with E-state index in [-0.39, 0.29) is 0 Å². The van der Waals surface area contributed by atoms with E-state index in [0.717, 1.165) is 70.0 Å². The van der Waals surface area contributed by atoms with Crippen molar-refractivity contribution in [3.05, 3.63) is 151 Å². The molecule has 0 spiro atoms. The van der Waals surface area contributed by atoms with Crippen molar-refractivity contribution >= 4 is 75.3 Å². The lowest BCUT2D eigenvalue weighted by Gasteiger charge is -2.10. The Hall–Kier alpha value is -6.15. The zero-order valence-electron chi connectivity index (χ0n) is 25.1. The molecule has 0 aliphatic rings. The van der Waals surface area contributed by atoms with Crippen LogP contribution in [0.2, 0.25) is 0 Å². The highest BCUT2D eigenvalue weighted by atomic mass is 32.1. The van der Waals surface area contributed by atoms with Crippen molar-refractivity contribution in [2.75, 3.05) is 0 Å². The van der Waals surface area contributed by atoms with Gasteiger partial charge in [-0.25, -0.2) is 0 Å². The van der Waals surface area contributed by atoms with E-state index in [2.05, 4.69) is 132 Å². The molecule has 10 aromatic rings. The number of thiophene rings is 1. The van der Waals surface area contributed by atoms with Crippen LogP contribution in [0.3, 0.4) is 0 Å². The molecule has 0 unspecified atom stereocenters. The molecule has 0 saturated carbocycles. The summed E-state index contributed by atoms with van der Waals surface area (Å²) < 4.78 is 11.0. The van der Waals surface area contributed by atoms with E-state index in [0.29, 0.717) is 5.56 Å². The summed E-state index contributed by atoms with van der Waals surface area (Å²) in [5, 5.41) is 17.3. The Kier molecular flexibility index (Phi) is 5.51. The molecule has 0 amide bonds. The van der Waals surface area contributed by atoms with Crippen molar-refractivity contribution in [3.63, 3.8) is 0 Å². The minimum absolute atomic E-state index is 0.673. The molecule has 0 N–H and O–H groups in total. The Morgan fingerprint density at radius 2 is 1.26 bits per heavy atom. The quantitative estimate of drug-likeness (QED) is 0.198. The van der Waals surface area contributed by atoms with Crippen LogP contribution in [0.5, 0.6) is 0 Å². The number of nitriles is 1. The number of aromatic nitrogens is 1. The SMILES string of the molecule is N#Cc1cc(-c2cccc3c2oc2ccccc23)cc2c1sc1c(-n3c4ccccc4c4ccc(-c5ccccc5)cc43)cccc12. The van der Waals surface area contributed by atoms with Crippen LogP contribution in [0.1, 0.15) is 5.56 Å². The summed E-state index contributed by atoms with van der Waals surface area (Å²) in [6, 6.07) is 53.7. The van der Waals surface area contributed by atoms with E-state index in [9.17, 15) is 5.26 Å². The summed E-state index contributed by atoms with van der Waals surface area (Å²) >= 11 is 1.70. The van der Waals surface area contributed by atoms with Gasteiger partial charge in [-0.1, -0.05) is 109 Å². The van der Waals surface area contributed by atoms with Crippen molar-refractivity contribution in [3.8, 4) is 34.0 Å². The lowest BCUT2D eigenvalue weighted by atomic mass is 9.98. The van der Waals surface area contributed by atoms with Crippen LogP contribution in [-0.4, -0.2) is 4.57 Å². The van der Waals surface area contributed by atoms with Gasteiger partial charge in [0.25, 0.3) is 0 Å². The predicted octanol–water partition coefficient (Wildman–Crippen LogP) is 12.3. The monoisotopic (exact) mass is 616 g/mol. The Balaban J connectivity index is 1.25. The van der Waals surface area contributed by atoms with Gasteiger partial charge in [0, 0.05) is 37.9 Å². The second kappa shape index (κ2) is 9.92. The van der Waals surface area contributed by atoms with E-state index in [1.807, 2.05) is 24.3 Å². The van der Waals surface area contributed by atoms with Crippen molar-refractivity contribution < 1.29 is 4.42 Å². The molecule has 0 fully saturated rings. The number of hydrogen-bond donors (Lipinski definition) is 0. The number of furan rings is 1. The van der Waals surface area contributed by atoms with Crippen LogP contribution in [0, 0.1) is 11.3 Å². The van der Waals surface area contributed by atoms with Gasteiger partial charge in [0.05, 0.1) is 31.7 Å². The fourth-order valence-corrected chi connectivity index (χ4v) is 8.56. The number of rotatable bonds is 3. The topological polar surface area (TPSA) is 41.9 Å². The highest BCUT2D eigenvalue weighted by Gasteiger charge is 2.20. The van der Waals surface area contributed by atoms with E-state index in [4.69, 9.17) is 4.42 Å². The average Bonchev–Trinajstić information content (AvgIpc) is 3.81. The third-order valence-electron chi connectivity index (χ3n) is 9.44. The van der Waals surface area contributed by atoms with E-state index in [1.54, 1.807) is 11.3 Å². The molecule has 0 aliphatic heterocycles. The molecule has 0 saturated heterocycles. The third-order valence-corrected chi connectivity index (χ3v) is 10.7. The first-order chi connectivity index (χ1) is 23.3. The lowest BCUT2D eigenvalue weighted by Crippen LogP contribution is -1.94. The number of para-hydroxylation sites is 3. The van der Waals surface area contributed by atoms with Crippen LogP contribution >= 0.6 is 11.3 Å². The van der Waals surface area contributed by atoms with Gasteiger partial charge in [-0.05, 0) is 53.1 Å². The first-order valence-electron chi connectivity index (χ1n) is 15.7. The second-order valence-electron chi connectivity index (χ2n) is 12.0. The predicted molar refractivity (Wildman–Crippen MR) is 197 cm³/mol. The molecule has 0 aliphatic carbocycles. The molecular formula is C43H24N2OS. The van der Waals surface area contributed by atoms with Crippen molar-refractivity contribution in [1.29, 1.82) is 5.26 Å². The van der Waals surface area contributed by atoms with Crippen LogP contribution < -0.4 is 0 Å². The largest absolute Gasteiger partial charge is 0.455 e. The van der Waals surface area contributed by atoms with Crippen LogP contribution in [0.25, 0.3) is 91.9 Å². The highest BCUT2D eigenvalue weighted by Crippen LogP contribution is 2.45. The van der Waals surface area contributed by atoms with Gasteiger partial charge < -0.3 is 8.98 Å². The maximum absolute atomic E-state index is 10.5. The first-order valence-corrected chi connectivity index (χ1v) is 16.5. The molecule has 218 valence electrons. The summed E-state index contributed by atoms with van der Waals surface area (Å²) in [4.78, 5) is 0. The maximum Gasteiger partial charge on any atom is 0.143 e. The summed E-state index contributed by atoms with van der Waals surface area (Å²) in [5.41, 5.74) is 10.2. The smallest absolute Gasteiger partial charge is 0.143 e. The van der Waals surface area contributed by atoms with E-state index >= 15 is 0 Å². The molecule has 4 heteroatoms. The zero-order valence-corrected chi connectivity index (χ0v) is 25.9. The summed E-state index contributed by atoms with van der Waals surface area (Å²) in [6.07, 6.45) is 0. The maximum atomic E-state index is 10.5. The van der Waals surface area contributed by atoms with Crippen LogP contribution in [0.15, 0.2) is 150 Å². The molecule has 3 aromatic heterocycles. The normalized spacial score (nSPS) is 11.8. The number of hydrogen-bond acceptors (Lipinski definition) is 3. The summed E-state index contributed by atoms with van der Waals surface area (Å²) in [7, 11) is 0. The molecule has 7 aromatic carbocycles. The van der Waals surface area contributed by atoms with Crippen molar-refractivity contribution in [1.82, 2.24) is 4.57 Å². The second-order valence-corrected chi connectivity index (χ2v) is 13.0. The molecular weight excluding hydrogens is 593 g/mol. The molecule has 0 radical (unpaired) electrons. The van der Waals surface area contributed by atoms with E-state index < -0.39 is 0 Å². The van der Waals surface area contributed by atoms with Gasteiger partial charge in [-0.15, -0.1) is 11.3 Å². The minimum atomic E-state index is 0.673. The molecule has 10 rings (SSSR count). The Morgan fingerprint density at radius 3 is 2.15 bits per heavy atom. The summed E-state index contributed by atoms with van der Waals surface area (Å²) in [6.45, 7) is 0. The van der Waals surface area contributed by atoms with E-state index in [1.165, 1.54) is 21.9 Å². The van der Waals surface area contributed by atoms with Gasteiger partial charge >= 0.3 is 0 Å². The standard InChI is InChI=1S/C43H24N2OS/c44-25-29-22-28(30-14-8-15-34-33-13-5-7-19-40(33)46-41(30)34)23-36-35-16-9-18-38(43(35)47-42(29)36)45-37-17-6-4-12-31(37)32-21-20-27(24-39(32)45)26-10-2-1-3-11-26/h1-24H. The molecule has 0 bridgehead atoms. The van der Waals surface area contributed by atoms with Gasteiger partial charge in [0.1, 0.15) is 17.2 Å². The van der Waals surface area contributed by atoms with Crippen molar-refractivity contribution in [2.24, 2.45) is 0 Å². The Labute approximate surface area is 273 Å². The number of benzene rings is 7. The molecule has 3 heterocycles. The van der Waals surface area contributed by atoms with Crippen LogP contribution in [-0.2, 0) is 0 Å². The summed E-state index contributed by atoms with van der Waals surface area (Å²) in [5.74, 6) is 0. The Morgan fingerprint density at radius 1 is 0.511 bits per heavy atom. The molecule has 47 heavy (non-hydrogen) atoms. The van der Waals surface area contributed by atoms with Gasteiger partial charge in [-0.2, -0.15) is 5.26 Å². The fraction of sp³-hybridized carbons (Fsp3) is 0. The van der Waals surface area contributed by atoms with Gasteiger partial charge in [-0.3, -0.25) is 0 Å². The molecule has 3 nitrogen and oxygen atoms in total. The minimum Gasteiger partial charge on any atom is -0.455 e. The molecule has 0 atom stereocenters. The Bertz CT molecular complexity index is 2920. The average molecular weight is 617 g/mol. The third kappa shape index (κ3) is 3.78. The number of fused-ring (bicyclic) bond motifs is 9. The van der Waals surface area contributed by atoms with Crippen LogP contribution in [0.4, 0.5) is 0 Å². The first kappa shape index (κ1) is 26.1. The van der Waals surface area contributed by atoms with Gasteiger partial charge in [0.15, 0.2) is 0 Å². The van der Waals surface area contributed by atoms with Gasteiger partial charge in [0.2, 0.25) is 0 Å². The fourth-order valence-electron chi connectivity index (χ4n) is 7.31. The van der Waals surface area contributed by atoms with Crippen molar-refractivity contribution in [2.45, 2.75) is 0 Å².